The molecule has 0 spiro atoms. The molecule has 0 aliphatic carbocycles. The van der Waals surface area contributed by atoms with Gasteiger partial charge in [-0.15, -0.1) is 0 Å². The molecule has 1 N–H and O–H groups in total. The molecule has 1 heterocycles. The van der Waals surface area contributed by atoms with E-state index in [1.54, 1.807) is 0 Å². The van der Waals surface area contributed by atoms with Crippen molar-refractivity contribution in [3.05, 3.63) is 12.5 Å². The van der Waals surface area contributed by atoms with Crippen molar-refractivity contribution in [2.45, 2.75) is 6.48 Å². The molecule has 0 amide bonds. The lowest BCUT2D eigenvalue weighted by Crippen LogP contribution is -2.02. The summed E-state index contributed by atoms with van der Waals surface area (Å²) in [5.74, 6) is 0. The number of aliphatic hydroxyl groups excluding tert-OH is 1. The van der Waals surface area contributed by atoms with Crippen molar-refractivity contribution in [3.8, 4) is 0 Å². The van der Waals surface area contributed by atoms with Gasteiger partial charge in [0.2, 0.25) is 0 Å². The van der Waals surface area contributed by atoms with Crippen molar-refractivity contribution >= 4 is 0 Å². The average Bonchev–Trinajstić information content (AvgIpc) is 1.86. The third kappa shape index (κ3) is 0.440. The number of rotatable bonds is 0. The highest BCUT2D eigenvalue weighted by molar-refractivity contribution is 4.65. The smallest absolute Gasteiger partial charge is 0.357 e. The lowest BCUT2D eigenvalue weighted by molar-refractivity contribution is -0.182. The highest BCUT2D eigenvalue weighted by Crippen LogP contribution is 1.98. The summed E-state index contributed by atoms with van der Waals surface area (Å²) in [6.45, 7) is -1.06. The number of hydrogen-bond acceptors (Lipinski definition) is 3. The Kier molecular flexibility index (Phi) is 0.686. The molecule has 0 saturated carbocycles. The van der Waals surface area contributed by atoms with E-state index >= 15 is 0 Å². The molecule has 34 valence electrons. The standard InChI is InChI=1S/C3H4O3/c4-3-5-1-2-6-3/h1-4H. The van der Waals surface area contributed by atoms with Gasteiger partial charge >= 0.3 is 6.48 Å². The minimum absolute atomic E-state index is 1.06. The summed E-state index contributed by atoms with van der Waals surface area (Å²) in [5.41, 5.74) is 0. The van der Waals surface area contributed by atoms with Gasteiger partial charge in [-0.1, -0.05) is 0 Å². The Morgan fingerprint density at radius 1 is 1.33 bits per heavy atom. The van der Waals surface area contributed by atoms with Crippen LogP contribution in [0.25, 0.3) is 0 Å². The van der Waals surface area contributed by atoms with Crippen molar-refractivity contribution in [3.63, 3.8) is 0 Å². The largest absolute Gasteiger partial charge is 0.437 e. The van der Waals surface area contributed by atoms with E-state index in [0.29, 0.717) is 0 Å². The molecule has 6 heavy (non-hydrogen) atoms. The van der Waals surface area contributed by atoms with Gasteiger partial charge in [-0.3, -0.25) is 0 Å². The van der Waals surface area contributed by atoms with Crippen LogP contribution in [0.4, 0.5) is 0 Å². The summed E-state index contributed by atoms with van der Waals surface area (Å²) in [7, 11) is 0. The molecule has 0 aromatic rings. The predicted octanol–water partition coefficient (Wildman–Crippen LogP) is -0.220. The number of aliphatic hydroxyl groups is 1. The summed E-state index contributed by atoms with van der Waals surface area (Å²) in [4.78, 5) is 0. The molecule has 0 unspecified atom stereocenters. The van der Waals surface area contributed by atoms with E-state index in [1.807, 2.05) is 0 Å². The maximum absolute atomic E-state index is 8.22. The highest BCUT2D eigenvalue weighted by atomic mass is 16.8. The first-order valence-corrected chi connectivity index (χ1v) is 1.53. The fraction of sp³-hybridized carbons (Fsp3) is 0.333. The molecule has 0 aromatic heterocycles. The van der Waals surface area contributed by atoms with Crippen LogP contribution in [0.1, 0.15) is 0 Å². The normalized spacial score (nSPS) is 20.2. The van der Waals surface area contributed by atoms with E-state index in [4.69, 9.17) is 5.11 Å². The molecule has 3 heteroatoms. The minimum Gasteiger partial charge on any atom is -0.437 e. The Labute approximate surface area is 34.8 Å². The van der Waals surface area contributed by atoms with Gasteiger partial charge in [-0.25, -0.2) is 0 Å². The third-order valence-corrected chi connectivity index (χ3v) is 0.446. The van der Waals surface area contributed by atoms with Crippen LogP contribution in [-0.2, 0) is 9.47 Å². The van der Waals surface area contributed by atoms with Crippen LogP contribution in [0.2, 0.25) is 0 Å². The summed E-state index contributed by atoms with van der Waals surface area (Å²) >= 11 is 0. The van der Waals surface area contributed by atoms with Gasteiger partial charge < -0.3 is 14.6 Å². The first-order chi connectivity index (χ1) is 2.89. The lowest BCUT2D eigenvalue weighted by atomic mass is 11.1. The zero-order valence-corrected chi connectivity index (χ0v) is 3.00. The summed E-state index contributed by atoms with van der Waals surface area (Å²) in [6.07, 6.45) is 2.56. The SMILES string of the molecule is OC1OC=CO1. The second kappa shape index (κ2) is 1.18. The molecule has 3 nitrogen and oxygen atoms in total. The van der Waals surface area contributed by atoms with Crippen molar-refractivity contribution in [1.82, 2.24) is 0 Å². The molecule has 1 rings (SSSR count). The Morgan fingerprint density at radius 3 is 2.00 bits per heavy atom. The Bertz CT molecular complexity index is 60.4. The Morgan fingerprint density at radius 2 is 1.83 bits per heavy atom. The Hall–Kier alpha value is -0.700. The lowest BCUT2D eigenvalue weighted by Gasteiger charge is -1.96. The molecule has 1 aliphatic heterocycles. The van der Waals surface area contributed by atoms with E-state index in [9.17, 15) is 0 Å². The molecule has 0 bridgehead atoms. The second-order valence-electron chi connectivity index (χ2n) is 0.851. The van der Waals surface area contributed by atoms with E-state index in [0.717, 1.165) is 0 Å². The van der Waals surface area contributed by atoms with Crippen LogP contribution in [0, 0.1) is 0 Å². The topological polar surface area (TPSA) is 38.7 Å². The molecule has 0 radical (unpaired) electrons. The maximum Gasteiger partial charge on any atom is 0.357 e. The van der Waals surface area contributed by atoms with Gasteiger partial charge in [-0.05, 0) is 0 Å². The van der Waals surface area contributed by atoms with Crippen molar-refractivity contribution in [2.24, 2.45) is 0 Å². The van der Waals surface area contributed by atoms with Crippen molar-refractivity contribution in [1.29, 1.82) is 0 Å². The van der Waals surface area contributed by atoms with Crippen molar-refractivity contribution in [2.75, 3.05) is 0 Å². The molecule has 1 aliphatic rings. The third-order valence-electron chi connectivity index (χ3n) is 0.446. The second-order valence-corrected chi connectivity index (χ2v) is 0.851. The molecule has 0 fully saturated rings. The van der Waals surface area contributed by atoms with Crippen LogP contribution in [0.3, 0.4) is 0 Å². The van der Waals surface area contributed by atoms with Gasteiger partial charge in [-0.2, -0.15) is 0 Å². The fourth-order valence-corrected chi connectivity index (χ4v) is 0.231. The van der Waals surface area contributed by atoms with Crippen molar-refractivity contribution < 1.29 is 14.6 Å². The van der Waals surface area contributed by atoms with Crippen LogP contribution >= 0.6 is 0 Å². The van der Waals surface area contributed by atoms with Gasteiger partial charge in [0.25, 0.3) is 0 Å². The molecule has 0 aromatic carbocycles. The van der Waals surface area contributed by atoms with E-state index in [2.05, 4.69) is 9.47 Å². The fourth-order valence-electron chi connectivity index (χ4n) is 0.231. The minimum atomic E-state index is -1.06. The molecular formula is C3H4O3. The zero-order chi connectivity index (χ0) is 4.41. The maximum atomic E-state index is 8.22. The van der Waals surface area contributed by atoms with Crippen LogP contribution in [0.15, 0.2) is 12.5 Å². The Balaban J connectivity index is 2.32. The molecular weight excluding hydrogens is 84.0 g/mol. The van der Waals surface area contributed by atoms with E-state index in [-0.39, 0.29) is 0 Å². The van der Waals surface area contributed by atoms with Crippen LogP contribution < -0.4 is 0 Å². The van der Waals surface area contributed by atoms with Gasteiger partial charge in [0.05, 0.1) is 0 Å². The van der Waals surface area contributed by atoms with Gasteiger partial charge in [0, 0.05) is 0 Å². The first-order valence-electron chi connectivity index (χ1n) is 1.53. The summed E-state index contributed by atoms with van der Waals surface area (Å²) in [6, 6.07) is 0. The molecule has 0 saturated heterocycles. The monoisotopic (exact) mass is 88.0 g/mol. The number of hydrogen-bond donors (Lipinski definition) is 1. The van der Waals surface area contributed by atoms with Gasteiger partial charge in [0.15, 0.2) is 0 Å². The quantitative estimate of drug-likeness (QED) is 0.445. The van der Waals surface area contributed by atoms with E-state index in [1.165, 1.54) is 12.5 Å². The summed E-state index contributed by atoms with van der Waals surface area (Å²) in [5, 5.41) is 8.22. The number of ether oxygens (including phenoxy) is 2. The van der Waals surface area contributed by atoms with Gasteiger partial charge in [0.1, 0.15) is 12.5 Å². The van der Waals surface area contributed by atoms with Crippen LogP contribution in [-0.4, -0.2) is 11.6 Å². The van der Waals surface area contributed by atoms with E-state index < -0.39 is 6.48 Å². The predicted molar refractivity (Wildman–Crippen MR) is 17.3 cm³/mol. The van der Waals surface area contributed by atoms with Crippen LogP contribution in [0.5, 0.6) is 0 Å². The zero-order valence-electron chi connectivity index (χ0n) is 3.00. The first kappa shape index (κ1) is 3.49. The highest BCUT2D eigenvalue weighted by Gasteiger charge is 2.02. The average molecular weight is 88.1 g/mol. The molecule has 0 atom stereocenters. The summed E-state index contributed by atoms with van der Waals surface area (Å²) < 4.78 is 8.61.